The molecule has 12 N–H and O–H groups in total. The molecule has 4 amide bonds. The number of β-amino-alcohol motifs (C(OH)–C–C–N with tert-alkyl or cyclic N) is 2. The van der Waals surface area contributed by atoms with Crippen LogP contribution in [0.2, 0.25) is 0 Å². The molecule has 2 aromatic heterocycles. The fraction of sp³-hybridized carbons (Fsp3) is 0.385. The summed E-state index contributed by atoms with van der Waals surface area (Å²) in [4.78, 5) is 57.5. The topological polar surface area (TPSA) is 273 Å². The monoisotopic (exact) mass is 1020 g/mol. The van der Waals surface area contributed by atoms with Crippen LogP contribution in [-0.2, 0) is 32.0 Å². The quantitative estimate of drug-likeness (QED) is 0.0521. The Morgan fingerprint density at radius 1 is 0.634 bits per heavy atom. The molecule has 0 bridgehead atoms. The Kier molecular flexibility index (Phi) is 20.4. The third kappa shape index (κ3) is 14.9. The van der Waals surface area contributed by atoms with E-state index in [1.807, 2.05) is 36.7 Å². The van der Waals surface area contributed by atoms with Crippen LogP contribution >= 0.6 is 24.8 Å². The number of carbonyl (C=O) groups excluding carboxylic acids is 4. The minimum absolute atomic E-state index is 0. The first-order chi connectivity index (χ1) is 32.5. The average Bonchev–Trinajstić information content (AvgIpc) is 4.12. The highest BCUT2D eigenvalue weighted by Crippen LogP contribution is 2.35. The Bertz CT molecular complexity index is 2540. The smallest absolute Gasteiger partial charge is 0.227 e. The second-order valence-electron chi connectivity index (χ2n) is 19.1. The van der Waals surface area contributed by atoms with E-state index in [9.17, 15) is 29.4 Å². The summed E-state index contributed by atoms with van der Waals surface area (Å²) in [7, 11) is 0. The lowest BCUT2D eigenvalue weighted by atomic mass is 9.94. The molecule has 71 heavy (non-hydrogen) atoms. The molecule has 0 aliphatic carbocycles. The van der Waals surface area contributed by atoms with Crippen molar-refractivity contribution >= 4 is 81.6 Å². The van der Waals surface area contributed by atoms with Crippen LogP contribution in [0.15, 0.2) is 109 Å². The number of aliphatic hydroxyl groups is 2. The molecule has 2 saturated heterocycles. The molecule has 0 radical (unpaired) electrons. The van der Waals surface area contributed by atoms with Crippen molar-refractivity contribution in [3.63, 3.8) is 0 Å². The number of hydrogen-bond acceptors (Lipinski definition) is 10. The molecule has 4 atom stereocenters. The summed E-state index contributed by atoms with van der Waals surface area (Å²) < 4.78 is 11.8. The van der Waals surface area contributed by atoms with Crippen LogP contribution in [0.3, 0.4) is 0 Å². The zero-order valence-corrected chi connectivity index (χ0v) is 42.1. The minimum Gasteiger partial charge on any atom is -0.489 e. The molecule has 2 aliphatic heterocycles. The summed E-state index contributed by atoms with van der Waals surface area (Å²) >= 11 is 0. The summed E-state index contributed by atoms with van der Waals surface area (Å²) in [6, 6.07) is 30.7. The number of ether oxygens (including phenoxy) is 2. The number of carbonyl (C=O) groups is 4. The SMILES string of the molecule is CC(C)(Cc1c[nH]c2ccccc12)NCC(O)COc1ccccc1N1CC(C(N)=O)CC1=O.CC(C)(Cc1c[nH]c2ccccc12)NCC(O)COc1ccccc1N1CC(C(N)=O)CC1=O.Cl.Cl.O. The molecule has 4 heterocycles. The number of halogens is 2. The number of H-pyrrole nitrogens is 2. The van der Waals surface area contributed by atoms with Crippen molar-refractivity contribution in [2.24, 2.45) is 23.3 Å². The molecule has 17 nitrogen and oxygen atoms in total. The third-order valence-electron chi connectivity index (χ3n) is 12.5. The van der Waals surface area contributed by atoms with Crippen molar-refractivity contribution in [2.75, 3.05) is 49.2 Å². The lowest BCUT2D eigenvalue weighted by Gasteiger charge is -2.28. The summed E-state index contributed by atoms with van der Waals surface area (Å²) in [5, 5.41) is 30.4. The van der Waals surface area contributed by atoms with Gasteiger partial charge in [0.05, 0.1) is 23.2 Å². The summed E-state index contributed by atoms with van der Waals surface area (Å²) in [6.07, 6.45) is 4.37. The van der Waals surface area contributed by atoms with E-state index in [-0.39, 0.29) is 92.3 Å². The van der Waals surface area contributed by atoms with Gasteiger partial charge in [-0.25, -0.2) is 0 Å². The standard InChI is InChI=1S/2C26H32N4O4.2ClH.H2O/c2*1-26(2,12-18-13-28-21-8-4-3-7-20(18)21)29-14-19(31)16-34-23-10-6-5-9-22(23)30-15-17(25(27)33)11-24(30)32;;;/h2*3-10,13,17,19,28-29,31H,11-12,14-16H2,1-2H3,(H2,27,33);2*1H;1H2. The number of nitrogens with two attached hydrogens (primary N) is 2. The normalized spacial score (nSPS) is 16.6. The lowest BCUT2D eigenvalue weighted by molar-refractivity contribution is -0.123. The molecule has 4 aromatic carbocycles. The number of fused-ring (bicyclic) bond motifs is 2. The highest BCUT2D eigenvalue weighted by molar-refractivity contribution is 6.02. The summed E-state index contributed by atoms with van der Waals surface area (Å²) in [6.45, 7) is 9.72. The van der Waals surface area contributed by atoms with Crippen molar-refractivity contribution in [1.29, 1.82) is 0 Å². The Morgan fingerprint density at radius 2 is 0.986 bits per heavy atom. The van der Waals surface area contributed by atoms with Crippen molar-refractivity contribution in [2.45, 2.75) is 76.7 Å². The Balaban J connectivity index is 0.000000296. The second-order valence-corrected chi connectivity index (χ2v) is 19.1. The number of hydrogen-bond donors (Lipinski definition) is 8. The van der Waals surface area contributed by atoms with Crippen molar-refractivity contribution in [3.05, 3.63) is 121 Å². The van der Waals surface area contributed by atoms with Crippen LogP contribution < -0.4 is 41.4 Å². The van der Waals surface area contributed by atoms with Gasteiger partial charge in [-0.15, -0.1) is 24.8 Å². The largest absolute Gasteiger partial charge is 0.489 e. The zero-order valence-electron chi connectivity index (χ0n) is 40.5. The Morgan fingerprint density at radius 3 is 1.35 bits per heavy atom. The van der Waals surface area contributed by atoms with Gasteiger partial charge in [-0.05, 0) is 88.1 Å². The molecule has 0 spiro atoms. The number of aliphatic hydroxyl groups excluding tert-OH is 2. The first kappa shape index (κ1) is 57.4. The summed E-state index contributed by atoms with van der Waals surface area (Å²) in [5.74, 6) is -1.33. The van der Waals surface area contributed by atoms with E-state index in [2.05, 4.69) is 72.6 Å². The highest BCUT2D eigenvalue weighted by Gasteiger charge is 2.36. The second kappa shape index (κ2) is 25.3. The number of primary amides is 2. The summed E-state index contributed by atoms with van der Waals surface area (Å²) in [5.41, 5.74) is 16.1. The van der Waals surface area contributed by atoms with E-state index in [1.54, 1.807) is 48.5 Å². The van der Waals surface area contributed by atoms with Crippen LogP contribution in [-0.4, -0.2) is 112 Å². The van der Waals surface area contributed by atoms with Crippen LogP contribution in [0.5, 0.6) is 11.5 Å². The van der Waals surface area contributed by atoms with E-state index in [0.717, 1.165) is 23.9 Å². The van der Waals surface area contributed by atoms with Gasteiger partial charge < -0.3 is 67.0 Å². The van der Waals surface area contributed by atoms with E-state index in [1.165, 1.54) is 31.7 Å². The van der Waals surface area contributed by atoms with E-state index in [0.29, 0.717) is 36.0 Å². The van der Waals surface area contributed by atoms with E-state index in [4.69, 9.17) is 20.9 Å². The van der Waals surface area contributed by atoms with Crippen LogP contribution in [0.4, 0.5) is 11.4 Å². The number of aromatic amines is 2. The van der Waals surface area contributed by atoms with Gasteiger partial charge in [0.25, 0.3) is 0 Å². The van der Waals surface area contributed by atoms with Gasteiger partial charge in [-0.3, -0.25) is 19.2 Å². The first-order valence-electron chi connectivity index (χ1n) is 23.1. The van der Waals surface area contributed by atoms with Crippen molar-refractivity contribution in [1.82, 2.24) is 20.6 Å². The van der Waals surface area contributed by atoms with Crippen molar-refractivity contribution < 1.29 is 44.3 Å². The van der Waals surface area contributed by atoms with Gasteiger partial charge in [0.1, 0.15) is 36.9 Å². The maximum atomic E-state index is 12.4. The van der Waals surface area contributed by atoms with Gasteiger partial charge in [0.2, 0.25) is 23.6 Å². The number of anilines is 2. The third-order valence-corrected chi connectivity index (χ3v) is 12.5. The molecular weight excluding hydrogens is 952 g/mol. The van der Waals surface area contributed by atoms with Crippen LogP contribution in [0.25, 0.3) is 21.8 Å². The molecule has 4 unspecified atom stereocenters. The molecule has 2 aliphatic rings. The average molecular weight is 1020 g/mol. The molecule has 384 valence electrons. The molecule has 2 fully saturated rings. The van der Waals surface area contributed by atoms with E-state index >= 15 is 0 Å². The maximum Gasteiger partial charge on any atom is 0.227 e. The fourth-order valence-corrected chi connectivity index (χ4v) is 8.78. The number of rotatable bonds is 20. The number of amides is 4. The highest BCUT2D eigenvalue weighted by atomic mass is 35.5. The fourth-order valence-electron chi connectivity index (χ4n) is 8.78. The molecular formula is C52H68Cl2N8O9. The molecule has 8 rings (SSSR count). The Labute approximate surface area is 426 Å². The Hall–Kier alpha value is -6.18. The number of nitrogens with zero attached hydrogens (tertiary/aromatic N) is 2. The lowest BCUT2D eigenvalue weighted by Crippen LogP contribution is -2.46. The van der Waals surface area contributed by atoms with Gasteiger partial charge in [-0.1, -0.05) is 60.7 Å². The van der Waals surface area contributed by atoms with Crippen LogP contribution in [0.1, 0.15) is 51.7 Å². The predicted octanol–water partition coefficient (Wildman–Crippen LogP) is 4.73. The van der Waals surface area contributed by atoms with E-state index < -0.39 is 35.9 Å². The number of aromatic nitrogens is 2. The maximum absolute atomic E-state index is 12.4. The molecule has 6 aromatic rings. The van der Waals surface area contributed by atoms with Crippen LogP contribution in [0, 0.1) is 11.8 Å². The minimum atomic E-state index is -0.747. The number of nitrogens with one attached hydrogen (secondary N) is 4. The van der Waals surface area contributed by atoms with Crippen molar-refractivity contribution in [3.8, 4) is 11.5 Å². The first-order valence-corrected chi connectivity index (χ1v) is 23.1. The zero-order chi connectivity index (χ0) is 48.6. The van der Waals surface area contributed by atoms with Gasteiger partial charge in [0.15, 0.2) is 0 Å². The van der Waals surface area contributed by atoms with Gasteiger partial charge in [0, 0.05) is 84.3 Å². The molecule has 19 heteroatoms. The van der Waals surface area contributed by atoms with Gasteiger partial charge in [-0.2, -0.15) is 0 Å². The van der Waals surface area contributed by atoms with Gasteiger partial charge >= 0.3 is 0 Å². The number of benzene rings is 4. The predicted molar refractivity (Wildman–Crippen MR) is 281 cm³/mol. The molecule has 0 saturated carbocycles. The number of para-hydroxylation sites is 6.